The fourth-order valence-corrected chi connectivity index (χ4v) is 0.737. The third kappa shape index (κ3) is 4.49. The van der Waals surface area contributed by atoms with Gasteiger partial charge in [0.1, 0.15) is 6.42 Å². The highest BCUT2D eigenvalue weighted by Gasteiger charge is 2.61. The maximum atomic E-state index is 12.5. The van der Waals surface area contributed by atoms with Gasteiger partial charge in [-0.2, -0.15) is 30.7 Å². The molecule has 90 valence electrons. The van der Waals surface area contributed by atoms with Crippen LogP contribution in [0.2, 0.25) is 0 Å². The molecule has 0 bridgehead atoms. The van der Waals surface area contributed by atoms with E-state index in [4.69, 9.17) is 0 Å². The number of hydrogen-bond acceptors (Lipinski definition) is 1. The summed E-state index contributed by atoms with van der Waals surface area (Å²) in [5.74, 6) is -5.32. The molecule has 0 aliphatic carbocycles. The summed E-state index contributed by atoms with van der Waals surface area (Å²) < 4.78 is 84.3. The van der Waals surface area contributed by atoms with Crippen molar-refractivity contribution in [3.8, 4) is 0 Å². The van der Waals surface area contributed by atoms with E-state index in [-0.39, 0.29) is 0 Å². The lowest BCUT2D eigenvalue weighted by molar-refractivity contribution is -0.268. The van der Waals surface area contributed by atoms with Gasteiger partial charge in [-0.3, -0.25) is 5.32 Å². The molecule has 0 aromatic heterocycles. The second-order valence-electron chi connectivity index (χ2n) is 2.56. The summed E-state index contributed by atoms with van der Waals surface area (Å²) in [4.78, 5) is 0. The molecule has 0 amide bonds. The first kappa shape index (κ1) is 14.2. The highest BCUT2D eigenvalue weighted by Crippen LogP contribution is 2.40. The molecule has 0 rings (SSSR count). The van der Waals surface area contributed by atoms with E-state index < -0.39 is 29.7 Å². The van der Waals surface area contributed by atoms with Crippen LogP contribution in [0.15, 0.2) is 0 Å². The molecule has 10 heteroatoms. The second kappa shape index (κ2) is 3.99. The highest BCUT2D eigenvalue weighted by atomic mass is 32.1. The molecule has 0 aliphatic rings. The number of thiocarbonyl (C=S) groups is 1. The van der Waals surface area contributed by atoms with Crippen LogP contribution in [0, 0.1) is 0 Å². The van der Waals surface area contributed by atoms with E-state index in [1.54, 1.807) is 0 Å². The molecule has 3 N–H and O–H groups in total. The summed E-state index contributed by atoms with van der Waals surface area (Å²) in [7, 11) is 0. The zero-order valence-corrected chi connectivity index (χ0v) is 7.65. The molecule has 0 radical (unpaired) electrons. The molecule has 0 saturated carbocycles. The summed E-state index contributed by atoms with van der Waals surface area (Å²) in [5, 5.41) is -0.613. The average molecular weight is 258 g/mol. The molecule has 0 spiro atoms. The zero-order chi connectivity index (χ0) is 12.5. The van der Waals surface area contributed by atoms with Gasteiger partial charge in [-0.25, -0.2) is 0 Å². The van der Waals surface area contributed by atoms with Gasteiger partial charge < -0.3 is 5.73 Å². The SMILES string of the molecule is NC(=S)NC(F)(F)C(F)(F)CC(F)(F)F. The Kier molecular flexibility index (Phi) is 3.77. The maximum Gasteiger partial charge on any atom is 0.395 e. The number of alkyl halides is 7. The Morgan fingerprint density at radius 1 is 1.07 bits per heavy atom. The van der Waals surface area contributed by atoms with Crippen LogP contribution in [0.25, 0.3) is 0 Å². The van der Waals surface area contributed by atoms with Crippen molar-refractivity contribution in [2.75, 3.05) is 0 Å². The lowest BCUT2D eigenvalue weighted by Gasteiger charge is -2.27. The van der Waals surface area contributed by atoms with Gasteiger partial charge in [0.2, 0.25) is 0 Å². The number of hydrogen-bond donors (Lipinski definition) is 2. The second-order valence-corrected chi connectivity index (χ2v) is 3.00. The molecule has 2 nitrogen and oxygen atoms in total. The molecule has 15 heavy (non-hydrogen) atoms. The Morgan fingerprint density at radius 2 is 1.47 bits per heavy atom. The fourth-order valence-electron chi connectivity index (χ4n) is 0.609. The van der Waals surface area contributed by atoms with Crippen LogP contribution >= 0.6 is 12.2 Å². The van der Waals surface area contributed by atoms with Crippen molar-refractivity contribution in [3.63, 3.8) is 0 Å². The summed E-state index contributed by atoms with van der Waals surface area (Å²) in [6, 6.07) is -5.14. The molecule has 0 atom stereocenters. The topological polar surface area (TPSA) is 38.0 Å². The van der Waals surface area contributed by atoms with E-state index in [2.05, 4.69) is 18.0 Å². The van der Waals surface area contributed by atoms with Crippen LogP contribution in [0.1, 0.15) is 6.42 Å². The van der Waals surface area contributed by atoms with Crippen LogP contribution in [0.3, 0.4) is 0 Å². The van der Waals surface area contributed by atoms with Crippen LogP contribution in [0.4, 0.5) is 30.7 Å². The van der Waals surface area contributed by atoms with Crippen molar-refractivity contribution in [1.82, 2.24) is 5.32 Å². The van der Waals surface area contributed by atoms with Crippen LogP contribution in [-0.2, 0) is 0 Å². The molecular formula is C5H5F7N2S. The normalized spacial score (nSPS) is 13.8. The van der Waals surface area contributed by atoms with Crippen molar-refractivity contribution in [2.24, 2.45) is 5.73 Å². The third-order valence-electron chi connectivity index (χ3n) is 1.16. The molecule has 0 aromatic rings. The van der Waals surface area contributed by atoms with Gasteiger partial charge in [0, 0.05) is 0 Å². The number of nitrogens with one attached hydrogen (secondary N) is 1. The lowest BCUT2D eigenvalue weighted by atomic mass is 10.2. The molecule has 0 fully saturated rings. The van der Waals surface area contributed by atoms with Crippen molar-refractivity contribution < 1.29 is 30.7 Å². The maximum absolute atomic E-state index is 12.5. The van der Waals surface area contributed by atoms with E-state index >= 15 is 0 Å². The Labute approximate surface area is 84.6 Å². The Bertz CT molecular complexity index is 248. The van der Waals surface area contributed by atoms with Gasteiger partial charge in [-0.1, -0.05) is 0 Å². The molecule has 0 aliphatic heterocycles. The number of rotatable bonds is 3. The summed E-state index contributed by atoms with van der Waals surface area (Å²) in [6.45, 7) is 0. The monoisotopic (exact) mass is 258 g/mol. The van der Waals surface area contributed by atoms with Crippen LogP contribution in [-0.4, -0.2) is 23.3 Å². The minimum Gasteiger partial charge on any atom is -0.376 e. The molecule has 0 aromatic carbocycles. The predicted octanol–water partition coefficient (Wildman–Crippen LogP) is 2.00. The zero-order valence-electron chi connectivity index (χ0n) is 6.84. The smallest absolute Gasteiger partial charge is 0.376 e. The molecule has 0 unspecified atom stereocenters. The van der Waals surface area contributed by atoms with E-state index in [9.17, 15) is 30.7 Å². The van der Waals surface area contributed by atoms with Gasteiger partial charge in [-0.05, 0) is 12.2 Å². The number of nitrogens with two attached hydrogens (primary N) is 1. The highest BCUT2D eigenvalue weighted by molar-refractivity contribution is 7.80. The summed E-state index contributed by atoms with van der Waals surface area (Å²) in [5.41, 5.74) is 4.46. The van der Waals surface area contributed by atoms with Crippen LogP contribution in [0.5, 0.6) is 0 Å². The quantitative estimate of drug-likeness (QED) is 0.462. The minimum atomic E-state index is -5.43. The first-order valence-corrected chi connectivity index (χ1v) is 3.68. The van der Waals surface area contributed by atoms with E-state index in [1.165, 1.54) is 0 Å². The molecule has 0 saturated heterocycles. The average Bonchev–Trinajstić information content (AvgIpc) is 1.75. The van der Waals surface area contributed by atoms with Gasteiger partial charge in [-0.15, -0.1) is 0 Å². The predicted molar refractivity (Wildman–Crippen MR) is 40.5 cm³/mol. The Morgan fingerprint density at radius 3 is 1.73 bits per heavy atom. The van der Waals surface area contributed by atoms with Crippen molar-refractivity contribution >= 4 is 17.3 Å². The summed E-state index contributed by atoms with van der Waals surface area (Å²) in [6.07, 6.45) is -8.40. The van der Waals surface area contributed by atoms with Gasteiger partial charge in [0.25, 0.3) is 0 Å². The third-order valence-corrected chi connectivity index (χ3v) is 1.26. The molecule has 0 heterocycles. The standard InChI is InChI=1S/C5H5F7N2S/c6-3(7,1-4(8,9)10)5(11,12)14-2(13)15/h1H2,(H3,13,14,15). The lowest BCUT2D eigenvalue weighted by Crippen LogP contribution is -2.56. The Balaban J connectivity index is 4.76. The van der Waals surface area contributed by atoms with Crippen molar-refractivity contribution in [3.05, 3.63) is 0 Å². The fraction of sp³-hybridized carbons (Fsp3) is 0.800. The Hall–Kier alpha value is -0.800. The van der Waals surface area contributed by atoms with E-state index in [0.717, 1.165) is 0 Å². The van der Waals surface area contributed by atoms with Crippen molar-refractivity contribution in [1.29, 1.82) is 0 Å². The minimum absolute atomic E-state index is 0.608. The first-order chi connectivity index (χ1) is 6.37. The number of halogens is 7. The van der Waals surface area contributed by atoms with E-state index in [1.807, 2.05) is 0 Å². The van der Waals surface area contributed by atoms with Gasteiger partial charge in [0.05, 0.1) is 0 Å². The van der Waals surface area contributed by atoms with E-state index in [0.29, 0.717) is 5.32 Å². The van der Waals surface area contributed by atoms with Gasteiger partial charge >= 0.3 is 18.1 Å². The summed E-state index contributed by atoms with van der Waals surface area (Å²) >= 11 is 3.83. The first-order valence-electron chi connectivity index (χ1n) is 3.27. The largest absolute Gasteiger partial charge is 0.395 e. The van der Waals surface area contributed by atoms with Crippen LogP contribution < -0.4 is 11.1 Å². The van der Waals surface area contributed by atoms with Crippen molar-refractivity contribution in [2.45, 2.75) is 24.6 Å². The van der Waals surface area contributed by atoms with Gasteiger partial charge in [0.15, 0.2) is 5.11 Å². The molecular weight excluding hydrogens is 253 g/mol.